The number of fused-ring (bicyclic) bond motifs is 5. The van der Waals surface area contributed by atoms with E-state index >= 15 is 0 Å². The molecule has 1 amide bonds. The van der Waals surface area contributed by atoms with Crippen molar-refractivity contribution in [3.8, 4) is 0 Å². The first-order valence-corrected chi connectivity index (χ1v) is 8.41. The molecule has 4 fully saturated rings. The number of rotatable bonds is 3. The Morgan fingerprint density at radius 2 is 1.80 bits per heavy atom. The molecule has 3 saturated carbocycles. The van der Waals surface area contributed by atoms with E-state index in [1.165, 1.54) is 19.3 Å². The summed E-state index contributed by atoms with van der Waals surface area (Å²) in [6, 6.07) is 0. The van der Waals surface area contributed by atoms with Crippen molar-refractivity contribution >= 4 is 5.91 Å². The number of hydrogen-bond donors (Lipinski definition) is 1. The van der Waals surface area contributed by atoms with Crippen molar-refractivity contribution in [1.82, 2.24) is 9.80 Å². The lowest BCUT2D eigenvalue weighted by atomic mass is 10.0. The molecule has 4 nitrogen and oxygen atoms in total. The van der Waals surface area contributed by atoms with Gasteiger partial charge < -0.3 is 10.0 Å². The average Bonchev–Trinajstić information content (AvgIpc) is 3.01. The van der Waals surface area contributed by atoms with E-state index in [9.17, 15) is 4.79 Å². The van der Waals surface area contributed by atoms with Gasteiger partial charge >= 0.3 is 0 Å². The van der Waals surface area contributed by atoms with Gasteiger partial charge in [0.2, 0.25) is 5.91 Å². The maximum Gasteiger partial charge on any atom is 0.226 e. The Labute approximate surface area is 121 Å². The molecule has 0 aromatic rings. The van der Waals surface area contributed by atoms with E-state index in [1.54, 1.807) is 0 Å². The van der Waals surface area contributed by atoms with Crippen molar-refractivity contribution < 1.29 is 9.90 Å². The number of β-amino-alcohol motifs (C(OH)–C–C–N with tert-alkyl or cyclic N) is 1. The molecule has 20 heavy (non-hydrogen) atoms. The molecule has 0 aromatic carbocycles. The maximum absolute atomic E-state index is 12.8. The van der Waals surface area contributed by atoms with Gasteiger partial charge in [0.15, 0.2) is 0 Å². The van der Waals surface area contributed by atoms with Gasteiger partial charge in [0.05, 0.1) is 6.61 Å². The minimum Gasteiger partial charge on any atom is -0.395 e. The van der Waals surface area contributed by atoms with E-state index in [4.69, 9.17) is 5.11 Å². The van der Waals surface area contributed by atoms with Crippen LogP contribution in [-0.4, -0.2) is 60.1 Å². The Morgan fingerprint density at radius 1 is 1.05 bits per heavy atom. The second kappa shape index (κ2) is 4.99. The fourth-order valence-corrected chi connectivity index (χ4v) is 5.42. The number of nitrogens with zero attached hydrogens (tertiary/aromatic N) is 2. The Kier molecular flexibility index (Phi) is 3.26. The molecular weight excluding hydrogens is 252 g/mol. The summed E-state index contributed by atoms with van der Waals surface area (Å²) in [5.74, 6) is 4.15. The predicted molar refractivity (Wildman–Crippen MR) is 76.0 cm³/mol. The molecule has 1 aliphatic heterocycles. The predicted octanol–water partition coefficient (Wildman–Crippen LogP) is 0.805. The van der Waals surface area contributed by atoms with Crippen LogP contribution in [0.15, 0.2) is 0 Å². The molecule has 4 aliphatic rings. The van der Waals surface area contributed by atoms with E-state index in [1.807, 2.05) is 0 Å². The number of hydrogen-bond acceptors (Lipinski definition) is 3. The van der Waals surface area contributed by atoms with Crippen LogP contribution in [0.25, 0.3) is 0 Å². The van der Waals surface area contributed by atoms with Gasteiger partial charge in [0, 0.05) is 32.1 Å². The molecule has 2 bridgehead atoms. The van der Waals surface area contributed by atoms with Gasteiger partial charge in [-0.05, 0) is 55.9 Å². The van der Waals surface area contributed by atoms with Crippen molar-refractivity contribution in [2.75, 3.05) is 39.3 Å². The van der Waals surface area contributed by atoms with Gasteiger partial charge in [0.1, 0.15) is 0 Å². The minimum absolute atomic E-state index is 0.226. The highest BCUT2D eigenvalue weighted by Crippen LogP contribution is 2.69. The molecule has 1 N–H and O–H groups in total. The number of aliphatic hydroxyl groups is 1. The molecule has 3 aliphatic carbocycles. The SMILES string of the molecule is O=C(C1C2C3CCC(C3)C12)N1CCCN(CCO)CC1. The summed E-state index contributed by atoms with van der Waals surface area (Å²) in [5, 5.41) is 9.04. The van der Waals surface area contributed by atoms with E-state index < -0.39 is 0 Å². The second-order valence-electron chi connectivity index (χ2n) is 7.26. The van der Waals surface area contributed by atoms with Gasteiger partial charge in [-0.15, -0.1) is 0 Å². The van der Waals surface area contributed by atoms with Crippen LogP contribution >= 0.6 is 0 Å². The Balaban J connectivity index is 1.36. The lowest BCUT2D eigenvalue weighted by molar-refractivity contribution is -0.133. The number of aliphatic hydroxyl groups excluding tert-OH is 1. The zero-order valence-electron chi connectivity index (χ0n) is 12.2. The normalized spacial score (nSPS) is 43.5. The first kappa shape index (κ1) is 13.1. The van der Waals surface area contributed by atoms with Gasteiger partial charge in [-0.2, -0.15) is 0 Å². The molecule has 0 aromatic heterocycles. The topological polar surface area (TPSA) is 43.8 Å². The van der Waals surface area contributed by atoms with E-state index in [-0.39, 0.29) is 6.61 Å². The van der Waals surface area contributed by atoms with Crippen molar-refractivity contribution in [3.63, 3.8) is 0 Å². The van der Waals surface area contributed by atoms with Crippen LogP contribution in [0, 0.1) is 29.6 Å². The fraction of sp³-hybridized carbons (Fsp3) is 0.938. The Hall–Kier alpha value is -0.610. The lowest BCUT2D eigenvalue weighted by Gasteiger charge is -2.23. The molecule has 4 atom stereocenters. The van der Waals surface area contributed by atoms with Crippen molar-refractivity contribution in [1.29, 1.82) is 0 Å². The second-order valence-corrected chi connectivity index (χ2v) is 7.26. The van der Waals surface area contributed by atoms with Crippen LogP contribution in [-0.2, 0) is 4.79 Å². The highest BCUT2D eigenvalue weighted by Gasteiger charge is 2.67. The third kappa shape index (κ3) is 2.00. The monoisotopic (exact) mass is 278 g/mol. The molecule has 0 radical (unpaired) electrons. The van der Waals surface area contributed by atoms with Crippen molar-refractivity contribution in [2.45, 2.75) is 25.7 Å². The zero-order valence-corrected chi connectivity index (χ0v) is 12.2. The van der Waals surface area contributed by atoms with Crippen molar-refractivity contribution in [3.05, 3.63) is 0 Å². The van der Waals surface area contributed by atoms with Crippen LogP contribution in [0.3, 0.4) is 0 Å². The highest BCUT2D eigenvalue weighted by atomic mass is 16.3. The minimum atomic E-state index is 0.226. The Morgan fingerprint density at radius 3 is 2.50 bits per heavy atom. The zero-order chi connectivity index (χ0) is 13.7. The summed E-state index contributed by atoms with van der Waals surface area (Å²) in [5.41, 5.74) is 0. The van der Waals surface area contributed by atoms with Crippen LogP contribution in [0.5, 0.6) is 0 Å². The molecule has 0 spiro atoms. The molecule has 112 valence electrons. The van der Waals surface area contributed by atoms with E-state index in [0.29, 0.717) is 11.8 Å². The lowest BCUT2D eigenvalue weighted by Crippen LogP contribution is -2.37. The van der Waals surface area contributed by atoms with Crippen LogP contribution < -0.4 is 0 Å². The standard InChI is InChI=1S/C16H26N2O2/c19-9-8-17-4-1-5-18(7-6-17)16(20)15-13-11-2-3-12(10-11)14(13)15/h11-15,19H,1-10H2. The third-order valence-corrected chi connectivity index (χ3v) is 6.34. The molecule has 1 heterocycles. The van der Waals surface area contributed by atoms with E-state index in [2.05, 4.69) is 9.80 Å². The van der Waals surface area contributed by atoms with Crippen LogP contribution in [0.2, 0.25) is 0 Å². The summed E-state index contributed by atoms with van der Waals surface area (Å²) in [6.45, 7) is 4.72. The van der Waals surface area contributed by atoms with Gasteiger partial charge in [-0.1, -0.05) is 0 Å². The summed E-state index contributed by atoms with van der Waals surface area (Å²) in [4.78, 5) is 17.2. The molecule has 4 unspecified atom stereocenters. The fourth-order valence-electron chi connectivity index (χ4n) is 5.42. The molecule has 1 saturated heterocycles. The summed E-state index contributed by atoms with van der Waals surface area (Å²) < 4.78 is 0. The Bertz CT molecular complexity index is 384. The number of carbonyl (C=O) groups is 1. The van der Waals surface area contributed by atoms with Crippen molar-refractivity contribution in [2.24, 2.45) is 29.6 Å². The average molecular weight is 278 g/mol. The smallest absolute Gasteiger partial charge is 0.226 e. The summed E-state index contributed by atoms with van der Waals surface area (Å²) >= 11 is 0. The van der Waals surface area contributed by atoms with Crippen LogP contribution in [0.4, 0.5) is 0 Å². The number of carbonyl (C=O) groups excluding carboxylic acids is 1. The first-order chi connectivity index (χ1) is 9.79. The molecule has 4 heteroatoms. The third-order valence-electron chi connectivity index (χ3n) is 6.34. The summed E-state index contributed by atoms with van der Waals surface area (Å²) in [6.07, 6.45) is 5.25. The van der Waals surface area contributed by atoms with Gasteiger partial charge in [0.25, 0.3) is 0 Å². The first-order valence-electron chi connectivity index (χ1n) is 8.41. The maximum atomic E-state index is 12.8. The largest absolute Gasteiger partial charge is 0.395 e. The quantitative estimate of drug-likeness (QED) is 0.831. The summed E-state index contributed by atoms with van der Waals surface area (Å²) in [7, 11) is 0. The van der Waals surface area contributed by atoms with Crippen LogP contribution in [0.1, 0.15) is 25.7 Å². The van der Waals surface area contributed by atoms with Gasteiger partial charge in [-0.3, -0.25) is 9.69 Å². The molecule has 4 rings (SSSR count). The van der Waals surface area contributed by atoms with E-state index in [0.717, 1.165) is 62.8 Å². The number of amides is 1. The molecular formula is C16H26N2O2. The van der Waals surface area contributed by atoms with Gasteiger partial charge in [-0.25, -0.2) is 0 Å². The highest BCUT2D eigenvalue weighted by molar-refractivity contribution is 5.83.